The van der Waals surface area contributed by atoms with Gasteiger partial charge in [0, 0.05) is 17.2 Å². The van der Waals surface area contributed by atoms with Crippen molar-refractivity contribution in [3.05, 3.63) is 53.2 Å². The fourth-order valence-corrected chi connectivity index (χ4v) is 4.87. The Bertz CT molecular complexity index is 816. The van der Waals surface area contributed by atoms with Gasteiger partial charge in [-0.1, -0.05) is 46.8 Å². The van der Waals surface area contributed by atoms with Crippen molar-refractivity contribution in [2.45, 2.75) is 91.4 Å². The molecule has 0 bridgehead atoms. The van der Waals surface area contributed by atoms with E-state index in [0.717, 1.165) is 5.92 Å². The highest BCUT2D eigenvalue weighted by molar-refractivity contribution is 5.62. The molecule has 0 spiro atoms. The van der Waals surface area contributed by atoms with E-state index in [1.54, 1.807) is 0 Å². The molecule has 3 rings (SSSR count). The molecule has 1 heteroatoms. The number of hydrogen-bond acceptors (Lipinski definition) is 0. The lowest BCUT2D eigenvalue weighted by atomic mass is 9.71. The Morgan fingerprint density at radius 2 is 1.68 bits per heavy atom. The van der Waals surface area contributed by atoms with Crippen molar-refractivity contribution in [2.24, 2.45) is 12.5 Å². The van der Waals surface area contributed by atoms with E-state index in [9.17, 15) is 0 Å². The van der Waals surface area contributed by atoms with Crippen LogP contribution in [0.1, 0.15) is 95.8 Å². The highest BCUT2D eigenvalue weighted by Gasteiger charge is 2.29. The third kappa shape index (κ3) is 4.19. The summed E-state index contributed by atoms with van der Waals surface area (Å²) < 4.78 is 2.34. The standard InChI is InChI=1S/C27H40N/c1-8-27(6,9-2)23-11-12-24(20(3)18-23)25-13-10-22(19-28(25)7)21-14-16-26(4,5)17-15-21/h10-13,18-19,21H,8-9,14-17H2,1-7H3/q+1. The van der Waals surface area contributed by atoms with Crippen molar-refractivity contribution in [2.75, 3.05) is 0 Å². The molecule has 0 amide bonds. The van der Waals surface area contributed by atoms with Crippen molar-refractivity contribution in [1.82, 2.24) is 0 Å². The molecule has 0 aliphatic heterocycles. The SMILES string of the molecule is CCC(C)(CC)c1ccc(-c2ccc(C3CCC(C)(C)CC3)c[n+]2C)c(C)c1. The van der Waals surface area contributed by atoms with E-state index in [0.29, 0.717) is 5.41 Å². The highest BCUT2D eigenvalue weighted by Crippen LogP contribution is 2.42. The maximum atomic E-state index is 2.42. The minimum absolute atomic E-state index is 0.282. The second-order valence-corrected chi connectivity index (χ2v) is 10.2. The molecular formula is C27H40N+. The highest BCUT2D eigenvalue weighted by atomic mass is 14.9. The molecule has 0 atom stereocenters. The lowest BCUT2D eigenvalue weighted by molar-refractivity contribution is -0.660. The molecular weight excluding hydrogens is 338 g/mol. The van der Waals surface area contributed by atoms with Crippen molar-refractivity contribution < 1.29 is 4.57 Å². The van der Waals surface area contributed by atoms with Crippen LogP contribution in [0, 0.1) is 12.3 Å². The number of pyridine rings is 1. The van der Waals surface area contributed by atoms with Gasteiger partial charge in [0.25, 0.3) is 0 Å². The Balaban J connectivity index is 1.87. The summed E-state index contributed by atoms with van der Waals surface area (Å²) in [5, 5.41) is 0. The van der Waals surface area contributed by atoms with Crippen LogP contribution in [0.5, 0.6) is 0 Å². The molecule has 1 aliphatic rings. The fraction of sp³-hybridized carbons (Fsp3) is 0.593. The second kappa shape index (κ2) is 8.01. The van der Waals surface area contributed by atoms with Gasteiger partial charge in [-0.05, 0) is 85.5 Å². The van der Waals surface area contributed by atoms with Crippen molar-refractivity contribution in [3.63, 3.8) is 0 Å². The maximum Gasteiger partial charge on any atom is 0.212 e. The predicted octanol–water partition coefficient (Wildman–Crippen LogP) is 7.25. The molecule has 0 radical (unpaired) electrons. The quantitative estimate of drug-likeness (QED) is 0.482. The molecule has 1 nitrogen and oxygen atoms in total. The molecule has 0 unspecified atom stereocenters. The Hall–Kier alpha value is -1.63. The first-order chi connectivity index (χ1) is 13.2. The van der Waals surface area contributed by atoms with Gasteiger partial charge < -0.3 is 0 Å². The molecule has 28 heavy (non-hydrogen) atoms. The molecule has 1 fully saturated rings. The number of rotatable bonds is 5. The van der Waals surface area contributed by atoms with E-state index in [2.05, 4.69) is 89.7 Å². The molecule has 152 valence electrons. The molecule has 1 saturated carbocycles. The molecule has 1 aromatic heterocycles. The zero-order valence-electron chi connectivity index (χ0n) is 19.2. The third-order valence-corrected chi connectivity index (χ3v) is 7.73. The van der Waals surface area contributed by atoms with Gasteiger partial charge in [0.1, 0.15) is 7.05 Å². The van der Waals surface area contributed by atoms with Crippen molar-refractivity contribution in [1.29, 1.82) is 0 Å². The van der Waals surface area contributed by atoms with Crippen LogP contribution < -0.4 is 4.57 Å². The average Bonchev–Trinajstić information content (AvgIpc) is 2.67. The number of aryl methyl sites for hydroxylation is 2. The topological polar surface area (TPSA) is 3.88 Å². The lowest BCUT2D eigenvalue weighted by Crippen LogP contribution is -2.32. The Kier molecular flexibility index (Phi) is 6.03. The first kappa shape index (κ1) is 21.1. The first-order valence-electron chi connectivity index (χ1n) is 11.3. The molecule has 1 heterocycles. The van der Waals surface area contributed by atoms with Crippen LogP contribution in [0.2, 0.25) is 0 Å². The van der Waals surface area contributed by atoms with Gasteiger partial charge in [0.2, 0.25) is 5.69 Å². The van der Waals surface area contributed by atoms with E-state index in [1.165, 1.54) is 66.5 Å². The Labute approximate surface area is 173 Å². The number of nitrogens with zero attached hydrogens (tertiary/aromatic N) is 1. The van der Waals surface area contributed by atoms with Gasteiger partial charge >= 0.3 is 0 Å². The summed E-state index contributed by atoms with van der Waals surface area (Å²) in [4.78, 5) is 0. The number of aromatic nitrogens is 1. The summed E-state index contributed by atoms with van der Waals surface area (Å²) in [5.74, 6) is 0.728. The van der Waals surface area contributed by atoms with Crippen LogP contribution in [0.15, 0.2) is 36.5 Å². The summed E-state index contributed by atoms with van der Waals surface area (Å²) in [7, 11) is 2.21. The first-order valence-corrected chi connectivity index (χ1v) is 11.3. The fourth-order valence-electron chi connectivity index (χ4n) is 4.87. The summed E-state index contributed by atoms with van der Waals surface area (Å²) in [6, 6.07) is 11.8. The summed E-state index contributed by atoms with van der Waals surface area (Å²) in [6.45, 7) is 14.1. The average molecular weight is 379 g/mol. The normalized spacial score (nSPS) is 17.7. The van der Waals surface area contributed by atoms with Gasteiger partial charge in [-0.2, -0.15) is 0 Å². The minimum atomic E-state index is 0.282. The van der Waals surface area contributed by atoms with Gasteiger partial charge in [-0.25, -0.2) is 4.57 Å². The zero-order valence-corrected chi connectivity index (χ0v) is 19.2. The molecule has 1 aliphatic carbocycles. The number of hydrogen-bond donors (Lipinski definition) is 0. The molecule has 2 aromatic rings. The van der Waals surface area contributed by atoms with Gasteiger partial charge in [-0.3, -0.25) is 0 Å². The molecule has 0 N–H and O–H groups in total. The summed E-state index contributed by atoms with van der Waals surface area (Å²) in [5.41, 5.74) is 7.86. The van der Waals surface area contributed by atoms with E-state index in [1.807, 2.05) is 0 Å². The van der Waals surface area contributed by atoms with E-state index >= 15 is 0 Å². The molecule has 1 aromatic carbocycles. The molecule has 0 saturated heterocycles. The van der Waals surface area contributed by atoms with Crippen LogP contribution in [-0.2, 0) is 12.5 Å². The van der Waals surface area contributed by atoms with E-state index in [-0.39, 0.29) is 5.41 Å². The third-order valence-electron chi connectivity index (χ3n) is 7.73. The minimum Gasteiger partial charge on any atom is -0.201 e. The predicted molar refractivity (Wildman–Crippen MR) is 121 cm³/mol. The van der Waals surface area contributed by atoms with Crippen molar-refractivity contribution in [3.8, 4) is 11.3 Å². The van der Waals surface area contributed by atoms with Crippen LogP contribution in [-0.4, -0.2) is 0 Å². The van der Waals surface area contributed by atoms with Gasteiger partial charge in [0.15, 0.2) is 6.20 Å². The van der Waals surface area contributed by atoms with E-state index in [4.69, 9.17) is 0 Å². The summed E-state index contributed by atoms with van der Waals surface area (Å²) >= 11 is 0. The monoisotopic (exact) mass is 378 g/mol. The van der Waals surface area contributed by atoms with Crippen LogP contribution in [0.4, 0.5) is 0 Å². The summed E-state index contributed by atoms with van der Waals surface area (Å²) in [6.07, 6.45) is 10.1. The number of benzene rings is 1. The van der Waals surface area contributed by atoms with Crippen molar-refractivity contribution >= 4 is 0 Å². The van der Waals surface area contributed by atoms with Crippen LogP contribution in [0.25, 0.3) is 11.3 Å². The maximum absolute atomic E-state index is 2.42. The van der Waals surface area contributed by atoms with Gasteiger partial charge in [0.05, 0.1) is 0 Å². The van der Waals surface area contributed by atoms with E-state index < -0.39 is 0 Å². The van der Waals surface area contributed by atoms with Crippen LogP contribution >= 0.6 is 0 Å². The Morgan fingerprint density at radius 3 is 2.21 bits per heavy atom. The van der Waals surface area contributed by atoms with Crippen LogP contribution in [0.3, 0.4) is 0 Å². The van der Waals surface area contributed by atoms with Gasteiger partial charge in [-0.15, -0.1) is 0 Å². The zero-order chi connectivity index (χ0) is 20.5. The largest absolute Gasteiger partial charge is 0.212 e. The Morgan fingerprint density at radius 1 is 1.04 bits per heavy atom. The smallest absolute Gasteiger partial charge is 0.201 e. The second-order valence-electron chi connectivity index (χ2n) is 10.2. The lowest BCUT2D eigenvalue weighted by Gasteiger charge is -2.34.